The minimum Gasteiger partial charge on any atom is -0.339 e. The van der Waals surface area contributed by atoms with Crippen LogP contribution in [0, 0.1) is 0 Å². The average molecular weight is 257 g/mol. The molecule has 6 nitrogen and oxygen atoms in total. The van der Waals surface area contributed by atoms with Crippen LogP contribution in [0.2, 0.25) is 0 Å². The molecule has 0 aliphatic carbocycles. The molecule has 0 unspecified atom stereocenters. The maximum Gasteiger partial charge on any atom is 0.253 e. The predicted octanol–water partition coefficient (Wildman–Crippen LogP) is 1.11. The SMILES string of the molecule is Cn1nnnc1-c1cccc(C(=O)N2CCCC2)c1. The number of aromatic nitrogens is 4. The lowest BCUT2D eigenvalue weighted by Crippen LogP contribution is -2.27. The van der Waals surface area contributed by atoms with Crippen molar-refractivity contribution in [3.8, 4) is 11.4 Å². The number of hydrogen-bond acceptors (Lipinski definition) is 4. The van der Waals surface area contributed by atoms with E-state index in [9.17, 15) is 4.79 Å². The molecular weight excluding hydrogens is 242 g/mol. The second-order valence-electron chi connectivity index (χ2n) is 4.71. The monoisotopic (exact) mass is 257 g/mol. The zero-order valence-electron chi connectivity index (χ0n) is 10.8. The second-order valence-corrected chi connectivity index (χ2v) is 4.71. The highest BCUT2D eigenvalue weighted by atomic mass is 16.2. The van der Waals surface area contributed by atoms with E-state index in [1.54, 1.807) is 11.7 Å². The Labute approximate surface area is 111 Å². The standard InChI is InChI=1S/C13H15N5O/c1-17-12(14-15-16-17)10-5-4-6-11(9-10)13(19)18-7-2-3-8-18/h4-6,9H,2-3,7-8H2,1H3. The average Bonchev–Trinajstić information content (AvgIpc) is 3.09. The molecule has 0 N–H and O–H groups in total. The van der Waals surface area contributed by atoms with E-state index in [4.69, 9.17) is 0 Å². The topological polar surface area (TPSA) is 63.9 Å². The summed E-state index contributed by atoms with van der Waals surface area (Å²) >= 11 is 0. The summed E-state index contributed by atoms with van der Waals surface area (Å²) in [6.07, 6.45) is 2.19. The Kier molecular flexibility index (Phi) is 2.98. The lowest BCUT2D eigenvalue weighted by atomic mass is 10.1. The Morgan fingerprint density at radius 3 is 2.74 bits per heavy atom. The van der Waals surface area contributed by atoms with Crippen LogP contribution < -0.4 is 0 Å². The van der Waals surface area contributed by atoms with E-state index >= 15 is 0 Å². The third kappa shape index (κ3) is 2.21. The van der Waals surface area contributed by atoms with Crippen molar-refractivity contribution in [1.29, 1.82) is 0 Å². The summed E-state index contributed by atoms with van der Waals surface area (Å²) in [6.45, 7) is 1.71. The zero-order chi connectivity index (χ0) is 13.2. The van der Waals surface area contributed by atoms with E-state index in [1.165, 1.54) is 0 Å². The summed E-state index contributed by atoms with van der Waals surface area (Å²) in [5.74, 6) is 0.755. The van der Waals surface area contributed by atoms with Gasteiger partial charge in [-0.3, -0.25) is 4.79 Å². The molecule has 1 aliphatic heterocycles. The lowest BCUT2D eigenvalue weighted by molar-refractivity contribution is 0.0793. The molecule has 1 fully saturated rings. The Bertz CT molecular complexity index is 601. The largest absolute Gasteiger partial charge is 0.339 e. The van der Waals surface area contributed by atoms with Gasteiger partial charge in [-0.15, -0.1) is 5.10 Å². The number of benzene rings is 1. The molecule has 0 atom stereocenters. The van der Waals surface area contributed by atoms with Crippen molar-refractivity contribution in [2.75, 3.05) is 13.1 Å². The van der Waals surface area contributed by atoms with Crippen LogP contribution in [0.4, 0.5) is 0 Å². The summed E-state index contributed by atoms with van der Waals surface area (Å²) < 4.78 is 1.60. The molecule has 1 aliphatic rings. The number of carbonyl (C=O) groups excluding carboxylic acids is 1. The summed E-state index contributed by atoms with van der Waals surface area (Å²) in [6, 6.07) is 7.47. The van der Waals surface area contributed by atoms with Gasteiger partial charge in [0.15, 0.2) is 5.82 Å². The van der Waals surface area contributed by atoms with Crippen molar-refractivity contribution in [3.05, 3.63) is 29.8 Å². The van der Waals surface area contributed by atoms with Gasteiger partial charge < -0.3 is 4.90 Å². The van der Waals surface area contributed by atoms with Gasteiger partial charge in [-0.2, -0.15) is 0 Å². The molecule has 1 saturated heterocycles. The first kappa shape index (κ1) is 11.8. The first-order valence-corrected chi connectivity index (χ1v) is 6.38. The molecular formula is C13H15N5O. The van der Waals surface area contributed by atoms with Gasteiger partial charge in [0, 0.05) is 31.3 Å². The van der Waals surface area contributed by atoms with E-state index in [-0.39, 0.29) is 5.91 Å². The maximum absolute atomic E-state index is 12.3. The molecule has 6 heteroatoms. The highest BCUT2D eigenvalue weighted by Gasteiger charge is 2.20. The third-order valence-corrected chi connectivity index (χ3v) is 3.38. The van der Waals surface area contributed by atoms with Crippen molar-refractivity contribution in [2.24, 2.45) is 7.05 Å². The molecule has 3 rings (SSSR count). The Balaban J connectivity index is 1.91. The maximum atomic E-state index is 12.3. The number of tetrazole rings is 1. The number of aryl methyl sites for hydroxylation is 1. The van der Waals surface area contributed by atoms with Crippen molar-refractivity contribution in [1.82, 2.24) is 25.1 Å². The van der Waals surface area contributed by atoms with Gasteiger partial charge in [-0.05, 0) is 35.4 Å². The van der Waals surface area contributed by atoms with Gasteiger partial charge in [0.1, 0.15) is 0 Å². The molecule has 1 aromatic heterocycles. The van der Waals surface area contributed by atoms with Crippen LogP contribution in [-0.4, -0.2) is 44.1 Å². The van der Waals surface area contributed by atoms with Crippen LogP contribution >= 0.6 is 0 Å². The van der Waals surface area contributed by atoms with E-state index in [1.807, 2.05) is 29.2 Å². The third-order valence-electron chi connectivity index (χ3n) is 3.38. The van der Waals surface area contributed by atoms with Crippen LogP contribution in [0.25, 0.3) is 11.4 Å². The highest BCUT2D eigenvalue weighted by molar-refractivity contribution is 5.95. The molecule has 1 aromatic carbocycles. The van der Waals surface area contributed by atoms with Gasteiger partial charge in [-0.1, -0.05) is 12.1 Å². The minimum absolute atomic E-state index is 0.0921. The molecule has 0 radical (unpaired) electrons. The lowest BCUT2D eigenvalue weighted by Gasteiger charge is -2.15. The van der Waals surface area contributed by atoms with Crippen LogP contribution in [-0.2, 0) is 7.05 Å². The van der Waals surface area contributed by atoms with E-state index in [0.29, 0.717) is 11.4 Å². The fourth-order valence-electron chi connectivity index (χ4n) is 2.37. The summed E-state index contributed by atoms with van der Waals surface area (Å²) in [5.41, 5.74) is 1.56. The quantitative estimate of drug-likeness (QED) is 0.808. The molecule has 2 heterocycles. The van der Waals surface area contributed by atoms with Crippen LogP contribution in [0.5, 0.6) is 0 Å². The van der Waals surface area contributed by atoms with E-state index < -0.39 is 0 Å². The van der Waals surface area contributed by atoms with Gasteiger partial charge >= 0.3 is 0 Å². The van der Waals surface area contributed by atoms with Crippen molar-refractivity contribution in [2.45, 2.75) is 12.8 Å². The number of hydrogen-bond donors (Lipinski definition) is 0. The summed E-state index contributed by atoms with van der Waals surface area (Å²) in [7, 11) is 1.78. The molecule has 19 heavy (non-hydrogen) atoms. The normalized spacial score (nSPS) is 14.9. The molecule has 0 saturated carbocycles. The smallest absolute Gasteiger partial charge is 0.253 e. The van der Waals surface area contributed by atoms with E-state index in [2.05, 4.69) is 15.5 Å². The van der Waals surface area contributed by atoms with Gasteiger partial charge in [0.2, 0.25) is 0 Å². The first-order valence-electron chi connectivity index (χ1n) is 6.38. The molecule has 2 aromatic rings. The van der Waals surface area contributed by atoms with E-state index in [0.717, 1.165) is 31.5 Å². The Morgan fingerprint density at radius 1 is 1.26 bits per heavy atom. The van der Waals surface area contributed by atoms with Crippen molar-refractivity contribution in [3.63, 3.8) is 0 Å². The van der Waals surface area contributed by atoms with Crippen LogP contribution in [0.15, 0.2) is 24.3 Å². The minimum atomic E-state index is 0.0921. The summed E-state index contributed by atoms with van der Waals surface area (Å²) in [5, 5.41) is 11.4. The fraction of sp³-hybridized carbons (Fsp3) is 0.385. The zero-order valence-corrected chi connectivity index (χ0v) is 10.8. The summed E-state index contributed by atoms with van der Waals surface area (Å²) in [4.78, 5) is 14.2. The van der Waals surface area contributed by atoms with Crippen LogP contribution in [0.1, 0.15) is 23.2 Å². The number of rotatable bonds is 2. The van der Waals surface area contributed by atoms with Gasteiger partial charge in [-0.25, -0.2) is 4.68 Å². The highest BCUT2D eigenvalue weighted by Crippen LogP contribution is 2.19. The fourth-order valence-corrected chi connectivity index (χ4v) is 2.37. The number of amides is 1. The second kappa shape index (κ2) is 4.79. The Morgan fingerprint density at radius 2 is 2.05 bits per heavy atom. The van der Waals surface area contributed by atoms with Crippen molar-refractivity contribution >= 4 is 5.91 Å². The van der Waals surface area contributed by atoms with Crippen molar-refractivity contribution < 1.29 is 4.79 Å². The first-order chi connectivity index (χ1) is 9.25. The Hall–Kier alpha value is -2.24. The predicted molar refractivity (Wildman–Crippen MR) is 69.4 cm³/mol. The van der Waals surface area contributed by atoms with Crippen LogP contribution in [0.3, 0.4) is 0 Å². The number of carbonyl (C=O) groups is 1. The molecule has 0 bridgehead atoms. The number of nitrogens with zero attached hydrogens (tertiary/aromatic N) is 5. The van der Waals surface area contributed by atoms with Gasteiger partial charge in [0.05, 0.1) is 0 Å². The number of likely N-dealkylation sites (tertiary alicyclic amines) is 1. The molecule has 98 valence electrons. The van der Waals surface area contributed by atoms with Gasteiger partial charge in [0.25, 0.3) is 5.91 Å². The molecule has 0 spiro atoms. The molecule has 1 amide bonds.